The van der Waals surface area contributed by atoms with Crippen LogP contribution in [0.1, 0.15) is 30.7 Å². The molecule has 1 aromatic heterocycles. The van der Waals surface area contributed by atoms with Gasteiger partial charge < -0.3 is 4.42 Å². The Bertz CT molecular complexity index is 647. The van der Waals surface area contributed by atoms with Gasteiger partial charge in [0.15, 0.2) is 0 Å². The van der Waals surface area contributed by atoms with Gasteiger partial charge in [0.1, 0.15) is 11.5 Å². The summed E-state index contributed by atoms with van der Waals surface area (Å²) < 4.78 is 5.36. The molecule has 1 aliphatic rings. The zero-order chi connectivity index (χ0) is 14.1. The maximum absolute atomic E-state index is 11.8. The molecule has 0 N–H and O–H groups in total. The first kappa shape index (κ1) is 12.9. The molecular weight excluding hydrogens is 276 g/mol. The summed E-state index contributed by atoms with van der Waals surface area (Å²) in [5, 5.41) is 6.56. The number of amides is 1. The Morgan fingerprint density at radius 1 is 1.35 bits per heavy atom. The first-order chi connectivity index (χ1) is 9.65. The van der Waals surface area contributed by atoms with Crippen molar-refractivity contribution in [3.63, 3.8) is 0 Å². The van der Waals surface area contributed by atoms with Gasteiger partial charge in [0.25, 0.3) is 0 Å². The van der Waals surface area contributed by atoms with Crippen molar-refractivity contribution in [2.24, 2.45) is 5.10 Å². The molecule has 1 amide bonds. The standard InChI is InChI=1S/C15H13ClN2O2/c1-10(19)18-14(11-4-6-12(16)7-5-11)9-13(17-18)15-3-2-8-20-15/h2-8,14H,9H2,1H3/t14-/m0/s1. The molecule has 0 aliphatic carbocycles. The molecule has 0 bridgehead atoms. The molecule has 0 spiro atoms. The number of hydrazone groups is 1. The Morgan fingerprint density at radius 3 is 2.70 bits per heavy atom. The number of hydrogen-bond acceptors (Lipinski definition) is 3. The largest absolute Gasteiger partial charge is 0.463 e. The first-order valence-electron chi connectivity index (χ1n) is 6.32. The van der Waals surface area contributed by atoms with Crippen molar-refractivity contribution in [2.45, 2.75) is 19.4 Å². The molecule has 0 unspecified atom stereocenters. The minimum absolute atomic E-state index is 0.0912. The summed E-state index contributed by atoms with van der Waals surface area (Å²) in [5.74, 6) is 0.610. The van der Waals surface area contributed by atoms with E-state index in [1.165, 1.54) is 11.9 Å². The smallest absolute Gasteiger partial charge is 0.240 e. The molecule has 1 aromatic carbocycles. The van der Waals surface area contributed by atoms with Crippen LogP contribution in [0.5, 0.6) is 0 Å². The molecule has 1 aliphatic heterocycles. The van der Waals surface area contributed by atoms with Crippen LogP contribution in [0.2, 0.25) is 5.02 Å². The van der Waals surface area contributed by atoms with Crippen molar-refractivity contribution >= 4 is 23.2 Å². The molecule has 0 radical (unpaired) electrons. The van der Waals surface area contributed by atoms with E-state index in [0.717, 1.165) is 11.3 Å². The monoisotopic (exact) mass is 288 g/mol. The summed E-state index contributed by atoms with van der Waals surface area (Å²) in [6, 6.07) is 11.0. The number of hydrogen-bond donors (Lipinski definition) is 0. The molecule has 4 nitrogen and oxygen atoms in total. The summed E-state index contributed by atoms with van der Waals surface area (Å²) in [4.78, 5) is 11.8. The molecule has 3 rings (SSSR count). The molecule has 0 saturated carbocycles. The van der Waals surface area contributed by atoms with Crippen molar-refractivity contribution in [1.82, 2.24) is 5.01 Å². The second-order valence-corrected chi connectivity index (χ2v) is 5.10. The van der Waals surface area contributed by atoms with E-state index in [1.54, 1.807) is 6.26 Å². The average molecular weight is 289 g/mol. The van der Waals surface area contributed by atoms with Gasteiger partial charge in [-0.25, -0.2) is 5.01 Å². The van der Waals surface area contributed by atoms with Crippen LogP contribution < -0.4 is 0 Å². The third-order valence-electron chi connectivity index (χ3n) is 3.29. The molecule has 1 atom stereocenters. The molecule has 2 heterocycles. The topological polar surface area (TPSA) is 45.8 Å². The highest BCUT2D eigenvalue weighted by Crippen LogP contribution is 2.33. The Hall–Kier alpha value is -2.07. The average Bonchev–Trinajstić information content (AvgIpc) is 3.08. The molecule has 102 valence electrons. The van der Waals surface area contributed by atoms with E-state index in [0.29, 0.717) is 17.2 Å². The maximum atomic E-state index is 11.8. The van der Waals surface area contributed by atoms with E-state index in [-0.39, 0.29) is 11.9 Å². The fourth-order valence-electron chi connectivity index (χ4n) is 2.34. The van der Waals surface area contributed by atoms with Crippen LogP contribution >= 0.6 is 11.6 Å². The van der Waals surface area contributed by atoms with Gasteiger partial charge in [-0.15, -0.1) is 0 Å². The maximum Gasteiger partial charge on any atom is 0.240 e. The highest BCUT2D eigenvalue weighted by molar-refractivity contribution is 6.30. The summed E-state index contributed by atoms with van der Waals surface area (Å²) in [6.45, 7) is 1.51. The second-order valence-electron chi connectivity index (χ2n) is 4.66. The third-order valence-corrected chi connectivity index (χ3v) is 3.55. The van der Waals surface area contributed by atoms with Crippen LogP contribution in [0, 0.1) is 0 Å². The zero-order valence-corrected chi connectivity index (χ0v) is 11.7. The van der Waals surface area contributed by atoms with Gasteiger partial charge in [0.2, 0.25) is 5.91 Å². The van der Waals surface area contributed by atoms with Crippen LogP contribution in [0.15, 0.2) is 52.2 Å². The summed E-state index contributed by atoms with van der Waals surface area (Å²) >= 11 is 5.90. The van der Waals surface area contributed by atoms with E-state index >= 15 is 0 Å². The van der Waals surface area contributed by atoms with Gasteiger partial charge in [-0.2, -0.15) is 5.10 Å². The quantitative estimate of drug-likeness (QED) is 0.847. The molecule has 2 aromatic rings. The molecule has 20 heavy (non-hydrogen) atoms. The van der Waals surface area contributed by atoms with Gasteiger partial charge in [0.05, 0.1) is 12.3 Å². The number of benzene rings is 1. The van der Waals surface area contributed by atoms with E-state index in [9.17, 15) is 4.79 Å². The van der Waals surface area contributed by atoms with Crippen molar-refractivity contribution in [3.8, 4) is 0 Å². The lowest BCUT2D eigenvalue weighted by atomic mass is 10.0. The lowest BCUT2D eigenvalue weighted by molar-refractivity contribution is -0.130. The normalized spacial score (nSPS) is 18.2. The Kier molecular flexibility index (Phi) is 3.32. The second kappa shape index (κ2) is 5.13. The van der Waals surface area contributed by atoms with Crippen molar-refractivity contribution in [1.29, 1.82) is 0 Å². The van der Waals surface area contributed by atoms with E-state index in [4.69, 9.17) is 16.0 Å². The van der Waals surface area contributed by atoms with Gasteiger partial charge in [-0.1, -0.05) is 23.7 Å². The Labute approximate surface area is 121 Å². The number of carbonyl (C=O) groups is 1. The molecule has 0 saturated heterocycles. The summed E-state index contributed by atoms with van der Waals surface area (Å²) in [7, 11) is 0. The van der Waals surface area contributed by atoms with Crippen LogP contribution in [0.25, 0.3) is 0 Å². The van der Waals surface area contributed by atoms with Crippen LogP contribution in [0.3, 0.4) is 0 Å². The van der Waals surface area contributed by atoms with Gasteiger partial charge in [-0.05, 0) is 29.8 Å². The Balaban J connectivity index is 1.93. The fourth-order valence-corrected chi connectivity index (χ4v) is 2.46. The van der Waals surface area contributed by atoms with Crippen molar-refractivity contribution in [2.75, 3.05) is 0 Å². The molecule has 5 heteroatoms. The SMILES string of the molecule is CC(=O)N1N=C(c2ccco2)C[C@H]1c1ccc(Cl)cc1. The number of rotatable bonds is 2. The van der Waals surface area contributed by atoms with Crippen molar-refractivity contribution < 1.29 is 9.21 Å². The van der Waals surface area contributed by atoms with Crippen LogP contribution in [0.4, 0.5) is 0 Å². The number of carbonyl (C=O) groups excluding carboxylic acids is 1. The van der Waals surface area contributed by atoms with Gasteiger partial charge in [-0.3, -0.25) is 4.79 Å². The van der Waals surface area contributed by atoms with Crippen LogP contribution in [-0.4, -0.2) is 16.6 Å². The van der Waals surface area contributed by atoms with E-state index in [1.807, 2.05) is 36.4 Å². The minimum Gasteiger partial charge on any atom is -0.463 e. The van der Waals surface area contributed by atoms with E-state index < -0.39 is 0 Å². The highest BCUT2D eigenvalue weighted by Gasteiger charge is 2.32. The molecular formula is C15H13ClN2O2. The van der Waals surface area contributed by atoms with Gasteiger partial charge >= 0.3 is 0 Å². The lowest BCUT2D eigenvalue weighted by Gasteiger charge is -2.20. The fraction of sp³-hybridized carbons (Fsp3) is 0.200. The highest BCUT2D eigenvalue weighted by atomic mass is 35.5. The summed E-state index contributed by atoms with van der Waals surface area (Å²) in [5.41, 5.74) is 1.79. The lowest BCUT2D eigenvalue weighted by Crippen LogP contribution is -2.24. The predicted octanol–water partition coefficient (Wildman–Crippen LogP) is 3.63. The predicted molar refractivity (Wildman–Crippen MR) is 76.6 cm³/mol. The van der Waals surface area contributed by atoms with Crippen LogP contribution in [-0.2, 0) is 4.79 Å². The number of nitrogens with zero attached hydrogens (tertiary/aromatic N) is 2. The molecule has 0 fully saturated rings. The first-order valence-corrected chi connectivity index (χ1v) is 6.69. The minimum atomic E-state index is -0.107. The van der Waals surface area contributed by atoms with Crippen molar-refractivity contribution in [3.05, 3.63) is 59.0 Å². The zero-order valence-electron chi connectivity index (χ0n) is 10.9. The van der Waals surface area contributed by atoms with Gasteiger partial charge in [0, 0.05) is 18.4 Å². The Morgan fingerprint density at radius 2 is 2.10 bits per heavy atom. The number of furan rings is 1. The third kappa shape index (κ3) is 2.34. The number of halogens is 1. The van der Waals surface area contributed by atoms with E-state index in [2.05, 4.69) is 5.10 Å². The summed E-state index contributed by atoms with van der Waals surface area (Å²) in [6.07, 6.45) is 2.24.